The van der Waals surface area contributed by atoms with E-state index in [1.165, 1.54) is 0 Å². The third-order valence-electron chi connectivity index (χ3n) is 3.74. The number of amides is 1. The summed E-state index contributed by atoms with van der Waals surface area (Å²) in [4.78, 5) is 14.2. The van der Waals surface area contributed by atoms with E-state index in [0.29, 0.717) is 17.9 Å². The summed E-state index contributed by atoms with van der Waals surface area (Å²) in [5, 5.41) is 3.39. The molecule has 3 atom stereocenters. The second-order valence-corrected chi connectivity index (χ2v) is 5.22. The van der Waals surface area contributed by atoms with E-state index in [4.69, 9.17) is 0 Å². The highest BCUT2D eigenvalue weighted by molar-refractivity contribution is 5.79. The van der Waals surface area contributed by atoms with Crippen LogP contribution in [-0.4, -0.2) is 37.0 Å². The van der Waals surface area contributed by atoms with E-state index in [2.05, 4.69) is 26.1 Å². The topological polar surface area (TPSA) is 32.3 Å². The Morgan fingerprint density at radius 2 is 2.25 bits per heavy atom. The van der Waals surface area contributed by atoms with Gasteiger partial charge in [0.15, 0.2) is 0 Å². The number of rotatable bonds is 4. The van der Waals surface area contributed by atoms with Gasteiger partial charge in [-0.1, -0.05) is 20.3 Å². The molecule has 1 aliphatic rings. The van der Waals surface area contributed by atoms with Gasteiger partial charge in [-0.05, 0) is 32.2 Å². The zero-order valence-corrected chi connectivity index (χ0v) is 11.1. The zero-order valence-electron chi connectivity index (χ0n) is 11.1. The lowest BCUT2D eigenvalue weighted by molar-refractivity contribution is -0.136. The molecular formula is C13H26N2O. The Labute approximate surface area is 99.6 Å². The van der Waals surface area contributed by atoms with Gasteiger partial charge in [0.25, 0.3) is 0 Å². The molecule has 0 radical (unpaired) electrons. The highest BCUT2D eigenvalue weighted by Gasteiger charge is 2.29. The molecule has 1 aliphatic heterocycles. The SMILES string of the molecule is CCC(C)CN(C)C(=O)C1CCCNC1C. The van der Waals surface area contributed by atoms with E-state index in [9.17, 15) is 4.79 Å². The number of carbonyl (C=O) groups is 1. The van der Waals surface area contributed by atoms with Crippen molar-refractivity contribution in [2.75, 3.05) is 20.1 Å². The molecule has 0 aromatic rings. The van der Waals surface area contributed by atoms with Crippen LogP contribution in [0.25, 0.3) is 0 Å². The summed E-state index contributed by atoms with van der Waals surface area (Å²) in [6.07, 6.45) is 3.30. The molecule has 0 bridgehead atoms. The molecule has 1 heterocycles. The molecule has 0 spiro atoms. The van der Waals surface area contributed by atoms with E-state index in [1.54, 1.807) is 0 Å². The molecule has 0 aromatic carbocycles. The number of carbonyl (C=O) groups excluding carboxylic acids is 1. The van der Waals surface area contributed by atoms with Crippen molar-refractivity contribution in [1.82, 2.24) is 10.2 Å². The zero-order chi connectivity index (χ0) is 12.1. The third kappa shape index (κ3) is 3.48. The lowest BCUT2D eigenvalue weighted by Crippen LogP contribution is -2.47. The van der Waals surface area contributed by atoms with Crippen LogP contribution in [0.1, 0.15) is 40.0 Å². The minimum atomic E-state index is 0.183. The minimum absolute atomic E-state index is 0.183. The molecule has 1 rings (SSSR count). The second-order valence-electron chi connectivity index (χ2n) is 5.22. The van der Waals surface area contributed by atoms with Crippen LogP contribution in [0.2, 0.25) is 0 Å². The van der Waals surface area contributed by atoms with Crippen LogP contribution in [0, 0.1) is 11.8 Å². The Balaban J connectivity index is 2.48. The van der Waals surface area contributed by atoms with Gasteiger partial charge in [0.05, 0.1) is 5.92 Å². The number of nitrogens with one attached hydrogen (secondary N) is 1. The van der Waals surface area contributed by atoms with Gasteiger partial charge >= 0.3 is 0 Å². The van der Waals surface area contributed by atoms with Crippen molar-refractivity contribution in [2.45, 2.75) is 46.1 Å². The molecule has 1 amide bonds. The molecule has 94 valence electrons. The summed E-state index contributed by atoms with van der Waals surface area (Å²) < 4.78 is 0. The fourth-order valence-corrected chi connectivity index (χ4v) is 2.35. The van der Waals surface area contributed by atoms with Gasteiger partial charge in [0.1, 0.15) is 0 Å². The van der Waals surface area contributed by atoms with Crippen LogP contribution in [0.4, 0.5) is 0 Å². The molecule has 0 saturated carbocycles. The van der Waals surface area contributed by atoms with Crippen LogP contribution >= 0.6 is 0 Å². The smallest absolute Gasteiger partial charge is 0.226 e. The number of nitrogens with zero attached hydrogens (tertiary/aromatic N) is 1. The minimum Gasteiger partial charge on any atom is -0.345 e. The standard InChI is InChI=1S/C13H26N2O/c1-5-10(2)9-15(4)13(16)12-7-6-8-14-11(12)3/h10-12,14H,5-9H2,1-4H3. The first-order valence-corrected chi connectivity index (χ1v) is 6.54. The quantitative estimate of drug-likeness (QED) is 0.794. The van der Waals surface area contributed by atoms with Gasteiger partial charge in [-0.15, -0.1) is 0 Å². The van der Waals surface area contributed by atoms with Crippen molar-refractivity contribution in [1.29, 1.82) is 0 Å². The van der Waals surface area contributed by atoms with E-state index >= 15 is 0 Å². The van der Waals surface area contributed by atoms with Crippen molar-refractivity contribution in [3.8, 4) is 0 Å². The molecule has 3 unspecified atom stereocenters. The van der Waals surface area contributed by atoms with Crippen LogP contribution < -0.4 is 5.32 Å². The molecule has 0 aliphatic carbocycles. The van der Waals surface area contributed by atoms with E-state index < -0.39 is 0 Å². The fraction of sp³-hybridized carbons (Fsp3) is 0.923. The van der Waals surface area contributed by atoms with Crippen LogP contribution in [0.15, 0.2) is 0 Å². The average molecular weight is 226 g/mol. The number of piperidine rings is 1. The molecule has 1 N–H and O–H groups in total. The summed E-state index contributed by atoms with van der Waals surface area (Å²) in [5.41, 5.74) is 0. The first-order chi connectivity index (χ1) is 7.56. The summed E-state index contributed by atoms with van der Waals surface area (Å²) in [6, 6.07) is 0.334. The van der Waals surface area contributed by atoms with Gasteiger partial charge in [0, 0.05) is 19.6 Å². The molecule has 0 aromatic heterocycles. The van der Waals surface area contributed by atoms with Crippen molar-refractivity contribution in [2.24, 2.45) is 11.8 Å². The number of hydrogen-bond acceptors (Lipinski definition) is 2. The Morgan fingerprint density at radius 3 is 2.81 bits per heavy atom. The Morgan fingerprint density at radius 1 is 1.56 bits per heavy atom. The van der Waals surface area contributed by atoms with Crippen molar-refractivity contribution in [3.63, 3.8) is 0 Å². The van der Waals surface area contributed by atoms with Gasteiger partial charge < -0.3 is 10.2 Å². The predicted octanol–water partition coefficient (Wildman–Crippen LogP) is 1.88. The maximum absolute atomic E-state index is 12.2. The highest BCUT2D eigenvalue weighted by Crippen LogP contribution is 2.19. The Bertz CT molecular complexity index is 230. The lowest BCUT2D eigenvalue weighted by atomic mass is 9.90. The van der Waals surface area contributed by atoms with E-state index in [0.717, 1.165) is 32.4 Å². The summed E-state index contributed by atoms with van der Waals surface area (Å²) in [6.45, 7) is 8.44. The molecular weight excluding hydrogens is 200 g/mol. The van der Waals surface area contributed by atoms with Crippen LogP contribution in [0.5, 0.6) is 0 Å². The second kappa shape index (κ2) is 6.24. The average Bonchev–Trinajstić information content (AvgIpc) is 2.28. The first-order valence-electron chi connectivity index (χ1n) is 6.54. The molecule has 3 heteroatoms. The van der Waals surface area contributed by atoms with E-state index in [-0.39, 0.29) is 5.92 Å². The van der Waals surface area contributed by atoms with Crippen LogP contribution in [0.3, 0.4) is 0 Å². The van der Waals surface area contributed by atoms with Crippen LogP contribution in [-0.2, 0) is 4.79 Å². The monoisotopic (exact) mass is 226 g/mol. The van der Waals surface area contributed by atoms with Crippen molar-refractivity contribution < 1.29 is 4.79 Å². The Hall–Kier alpha value is -0.570. The molecule has 1 saturated heterocycles. The molecule has 3 nitrogen and oxygen atoms in total. The fourth-order valence-electron chi connectivity index (χ4n) is 2.35. The largest absolute Gasteiger partial charge is 0.345 e. The number of hydrogen-bond donors (Lipinski definition) is 1. The highest BCUT2D eigenvalue weighted by atomic mass is 16.2. The third-order valence-corrected chi connectivity index (χ3v) is 3.74. The van der Waals surface area contributed by atoms with Gasteiger partial charge in [0.2, 0.25) is 5.91 Å². The summed E-state index contributed by atoms with van der Waals surface area (Å²) >= 11 is 0. The van der Waals surface area contributed by atoms with Gasteiger partial charge in [-0.2, -0.15) is 0 Å². The van der Waals surface area contributed by atoms with E-state index in [1.807, 2.05) is 11.9 Å². The first kappa shape index (κ1) is 13.5. The lowest BCUT2D eigenvalue weighted by Gasteiger charge is -2.33. The van der Waals surface area contributed by atoms with Gasteiger partial charge in [-0.3, -0.25) is 4.79 Å². The maximum atomic E-state index is 12.2. The normalized spacial score (nSPS) is 27.5. The van der Waals surface area contributed by atoms with Crippen molar-refractivity contribution >= 4 is 5.91 Å². The maximum Gasteiger partial charge on any atom is 0.226 e. The summed E-state index contributed by atoms with van der Waals surface area (Å²) in [7, 11) is 1.94. The molecule has 16 heavy (non-hydrogen) atoms. The predicted molar refractivity (Wildman–Crippen MR) is 67.3 cm³/mol. The van der Waals surface area contributed by atoms with Crippen molar-refractivity contribution in [3.05, 3.63) is 0 Å². The Kier molecular flexibility index (Phi) is 5.26. The molecule has 1 fully saturated rings. The van der Waals surface area contributed by atoms with Gasteiger partial charge in [-0.25, -0.2) is 0 Å². The summed E-state index contributed by atoms with van der Waals surface area (Å²) in [5.74, 6) is 1.10.